The molecular weight excluding hydrogens is 245 g/mol. The smallest absolute Gasteiger partial charge is 0.356 e. The molecule has 0 bridgehead atoms. The fraction of sp³-hybridized carbons (Fsp3) is 0.167. The van der Waals surface area contributed by atoms with E-state index in [0.717, 1.165) is 0 Å². The molecule has 0 aliphatic rings. The summed E-state index contributed by atoms with van der Waals surface area (Å²) in [5, 5.41) is 0.759. The molecule has 2 rings (SSSR count). The number of esters is 1. The number of benzene rings is 1. The van der Waals surface area contributed by atoms with Crippen LogP contribution in [0, 0.1) is 12.7 Å². The average Bonchev–Trinajstić information content (AvgIpc) is 2.29. The van der Waals surface area contributed by atoms with Crippen LogP contribution in [0.3, 0.4) is 0 Å². The van der Waals surface area contributed by atoms with Gasteiger partial charge in [-0.05, 0) is 30.7 Å². The molecule has 0 spiro atoms. The fourth-order valence-electron chi connectivity index (χ4n) is 1.63. The molecule has 1 aromatic carbocycles. The molecular formula is C12H9ClFNO2. The molecule has 0 amide bonds. The topological polar surface area (TPSA) is 39.2 Å². The number of nitrogens with zero attached hydrogens (tertiary/aromatic N) is 1. The summed E-state index contributed by atoms with van der Waals surface area (Å²) < 4.78 is 17.8. The minimum absolute atomic E-state index is 0.111. The minimum atomic E-state index is -0.572. The number of pyridine rings is 1. The summed E-state index contributed by atoms with van der Waals surface area (Å²) >= 11 is 5.99. The Kier molecular flexibility index (Phi) is 2.98. The number of hydrogen-bond acceptors (Lipinski definition) is 3. The monoisotopic (exact) mass is 253 g/mol. The van der Waals surface area contributed by atoms with Crippen molar-refractivity contribution in [3.63, 3.8) is 0 Å². The van der Waals surface area contributed by atoms with Gasteiger partial charge in [0.1, 0.15) is 5.82 Å². The number of fused-ring (bicyclic) bond motifs is 1. The summed E-state index contributed by atoms with van der Waals surface area (Å²) in [5.41, 5.74) is 1.23. The van der Waals surface area contributed by atoms with Gasteiger partial charge in [0.05, 0.1) is 17.6 Å². The van der Waals surface area contributed by atoms with E-state index in [2.05, 4.69) is 9.72 Å². The maximum absolute atomic E-state index is 13.2. The SMILES string of the molecule is COC(=O)c1cc(Cl)c2cc(F)cc(C)c2n1. The Labute approximate surface area is 102 Å². The number of methoxy groups -OCH3 is 1. The summed E-state index contributed by atoms with van der Waals surface area (Å²) in [6, 6.07) is 4.00. The van der Waals surface area contributed by atoms with Gasteiger partial charge in [-0.2, -0.15) is 0 Å². The molecule has 5 heteroatoms. The number of halogens is 2. The molecule has 0 atom stereocenters. The average molecular weight is 254 g/mol. The van der Waals surface area contributed by atoms with Crippen molar-refractivity contribution in [3.8, 4) is 0 Å². The van der Waals surface area contributed by atoms with Crippen molar-refractivity contribution in [2.45, 2.75) is 6.92 Å². The second kappa shape index (κ2) is 4.30. The predicted molar refractivity (Wildman–Crippen MR) is 62.8 cm³/mol. The highest BCUT2D eigenvalue weighted by Crippen LogP contribution is 2.26. The minimum Gasteiger partial charge on any atom is -0.464 e. The van der Waals surface area contributed by atoms with E-state index >= 15 is 0 Å². The normalized spacial score (nSPS) is 10.6. The first kappa shape index (κ1) is 11.8. The zero-order valence-corrected chi connectivity index (χ0v) is 10.0. The van der Waals surface area contributed by atoms with E-state index < -0.39 is 5.97 Å². The molecule has 0 aliphatic heterocycles. The summed E-state index contributed by atoms with van der Waals surface area (Å²) in [6.07, 6.45) is 0. The van der Waals surface area contributed by atoms with Gasteiger partial charge in [-0.3, -0.25) is 0 Å². The van der Waals surface area contributed by atoms with Crippen LogP contribution < -0.4 is 0 Å². The molecule has 0 unspecified atom stereocenters. The molecule has 0 saturated heterocycles. The standard InChI is InChI=1S/C12H9ClFNO2/c1-6-3-7(14)4-8-9(13)5-10(12(16)17-2)15-11(6)8/h3-5H,1-2H3. The van der Waals surface area contributed by atoms with Gasteiger partial charge in [0, 0.05) is 5.39 Å². The van der Waals surface area contributed by atoms with Crippen LogP contribution in [0.1, 0.15) is 16.1 Å². The number of rotatable bonds is 1. The van der Waals surface area contributed by atoms with E-state index in [-0.39, 0.29) is 16.5 Å². The van der Waals surface area contributed by atoms with E-state index in [4.69, 9.17) is 11.6 Å². The van der Waals surface area contributed by atoms with Crippen molar-refractivity contribution >= 4 is 28.5 Å². The van der Waals surface area contributed by atoms with Crippen LogP contribution in [0.25, 0.3) is 10.9 Å². The van der Waals surface area contributed by atoms with E-state index in [1.165, 1.54) is 25.3 Å². The molecule has 0 aliphatic carbocycles. The van der Waals surface area contributed by atoms with Crippen LogP contribution in [-0.4, -0.2) is 18.1 Å². The van der Waals surface area contributed by atoms with Gasteiger partial charge >= 0.3 is 5.97 Å². The van der Waals surface area contributed by atoms with Gasteiger partial charge in [0.2, 0.25) is 0 Å². The van der Waals surface area contributed by atoms with Crippen LogP contribution in [0.4, 0.5) is 4.39 Å². The maximum atomic E-state index is 13.2. The third-order valence-electron chi connectivity index (χ3n) is 2.41. The van der Waals surface area contributed by atoms with Gasteiger partial charge in [0.15, 0.2) is 5.69 Å². The van der Waals surface area contributed by atoms with Gasteiger partial charge in [0.25, 0.3) is 0 Å². The summed E-state index contributed by atoms with van der Waals surface area (Å²) in [4.78, 5) is 15.5. The number of carbonyl (C=O) groups is 1. The van der Waals surface area contributed by atoms with Crippen LogP contribution >= 0.6 is 11.6 Å². The maximum Gasteiger partial charge on any atom is 0.356 e. The number of hydrogen-bond donors (Lipinski definition) is 0. The Morgan fingerprint density at radius 1 is 1.41 bits per heavy atom. The molecule has 1 aromatic heterocycles. The lowest BCUT2D eigenvalue weighted by atomic mass is 10.1. The highest BCUT2D eigenvalue weighted by atomic mass is 35.5. The lowest BCUT2D eigenvalue weighted by Crippen LogP contribution is -2.05. The third-order valence-corrected chi connectivity index (χ3v) is 2.73. The molecule has 0 saturated carbocycles. The second-order valence-electron chi connectivity index (χ2n) is 3.60. The highest BCUT2D eigenvalue weighted by molar-refractivity contribution is 6.35. The van der Waals surface area contributed by atoms with Gasteiger partial charge in [-0.15, -0.1) is 0 Å². The summed E-state index contributed by atoms with van der Waals surface area (Å²) in [6.45, 7) is 1.70. The van der Waals surface area contributed by atoms with Crippen LogP contribution in [-0.2, 0) is 4.74 Å². The molecule has 3 nitrogen and oxygen atoms in total. The third kappa shape index (κ3) is 2.08. The Morgan fingerprint density at radius 3 is 2.76 bits per heavy atom. The Morgan fingerprint density at radius 2 is 2.12 bits per heavy atom. The first-order valence-electron chi connectivity index (χ1n) is 4.87. The van der Waals surface area contributed by atoms with E-state index in [0.29, 0.717) is 16.5 Å². The van der Waals surface area contributed by atoms with Crippen molar-refractivity contribution in [1.82, 2.24) is 4.98 Å². The van der Waals surface area contributed by atoms with Crippen LogP contribution in [0.5, 0.6) is 0 Å². The highest BCUT2D eigenvalue weighted by Gasteiger charge is 2.13. The van der Waals surface area contributed by atoms with Crippen molar-refractivity contribution in [2.24, 2.45) is 0 Å². The first-order chi connectivity index (χ1) is 8.02. The molecule has 0 radical (unpaired) electrons. The quantitative estimate of drug-likeness (QED) is 0.733. The lowest BCUT2D eigenvalue weighted by Gasteiger charge is -2.06. The lowest BCUT2D eigenvalue weighted by molar-refractivity contribution is 0.0594. The summed E-state index contributed by atoms with van der Waals surface area (Å²) in [7, 11) is 1.26. The predicted octanol–water partition coefficient (Wildman–Crippen LogP) is 3.12. The number of aromatic nitrogens is 1. The van der Waals surface area contributed by atoms with Crippen LogP contribution in [0.2, 0.25) is 5.02 Å². The van der Waals surface area contributed by atoms with Crippen molar-refractivity contribution in [3.05, 3.63) is 40.3 Å². The molecule has 0 fully saturated rings. The Hall–Kier alpha value is -1.68. The molecule has 0 N–H and O–H groups in total. The van der Waals surface area contributed by atoms with Gasteiger partial charge in [-0.1, -0.05) is 11.6 Å². The Bertz CT molecular complexity index is 613. The van der Waals surface area contributed by atoms with Gasteiger partial charge in [-0.25, -0.2) is 14.2 Å². The van der Waals surface area contributed by atoms with E-state index in [1.54, 1.807) is 6.92 Å². The van der Waals surface area contributed by atoms with Crippen molar-refractivity contribution < 1.29 is 13.9 Å². The largest absolute Gasteiger partial charge is 0.464 e. The molecule has 88 valence electrons. The van der Waals surface area contributed by atoms with E-state index in [1.807, 2.05) is 0 Å². The number of aryl methyl sites for hydroxylation is 1. The van der Waals surface area contributed by atoms with Crippen molar-refractivity contribution in [1.29, 1.82) is 0 Å². The van der Waals surface area contributed by atoms with Gasteiger partial charge < -0.3 is 4.74 Å². The second-order valence-corrected chi connectivity index (χ2v) is 4.01. The zero-order valence-electron chi connectivity index (χ0n) is 9.25. The number of ether oxygens (including phenoxy) is 1. The zero-order chi connectivity index (χ0) is 12.6. The fourth-order valence-corrected chi connectivity index (χ4v) is 1.87. The molecule has 2 aromatic rings. The number of carbonyl (C=O) groups excluding carboxylic acids is 1. The van der Waals surface area contributed by atoms with Crippen LogP contribution in [0.15, 0.2) is 18.2 Å². The van der Waals surface area contributed by atoms with E-state index in [9.17, 15) is 9.18 Å². The Balaban J connectivity index is 2.77. The molecule has 1 heterocycles. The molecule has 17 heavy (non-hydrogen) atoms. The van der Waals surface area contributed by atoms with Crippen molar-refractivity contribution in [2.75, 3.05) is 7.11 Å². The summed E-state index contributed by atoms with van der Waals surface area (Å²) in [5.74, 6) is -0.956. The first-order valence-corrected chi connectivity index (χ1v) is 5.25.